The Morgan fingerprint density at radius 2 is 1.80 bits per heavy atom. The molecule has 1 saturated carbocycles. The van der Waals surface area contributed by atoms with E-state index in [-0.39, 0.29) is 11.8 Å². The molecule has 5 rings (SSSR count). The number of anilines is 1. The van der Waals surface area contributed by atoms with Crippen LogP contribution in [-0.4, -0.2) is 37.7 Å². The molecule has 0 radical (unpaired) electrons. The van der Waals surface area contributed by atoms with Crippen molar-refractivity contribution in [2.24, 2.45) is 0 Å². The van der Waals surface area contributed by atoms with Crippen LogP contribution in [0.25, 0.3) is 11.0 Å². The van der Waals surface area contributed by atoms with Crippen LogP contribution in [0.1, 0.15) is 63.8 Å². The Morgan fingerprint density at radius 3 is 2.51 bits per heavy atom. The van der Waals surface area contributed by atoms with Gasteiger partial charge in [-0.15, -0.1) is 0 Å². The predicted molar refractivity (Wildman–Crippen MR) is 136 cm³/mol. The van der Waals surface area contributed by atoms with Crippen LogP contribution in [0.4, 0.5) is 5.69 Å². The number of carbonyl (C=O) groups is 2. The number of aryl methyl sites for hydroxylation is 2. The van der Waals surface area contributed by atoms with E-state index in [0.29, 0.717) is 41.5 Å². The summed E-state index contributed by atoms with van der Waals surface area (Å²) in [7, 11) is 0. The van der Waals surface area contributed by atoms with Crippen LogP contribution in [0.3, 0.4) is 0 Å². The monoisotopic (exact) mass is 470 g/mol. The molecule has 2 N–H and O–H groups in total. The summed E-state index contributed by atoms with van der Waals surface area (Å²) in [6.07, 6.45) is 6.35. The van der Waals surface area contributed by atoms with Gasteiger partial charge in [-0.2, -0.15) is 5.10 Å². The third-order valence-electron chi connectivity index (χ3n) is 6.64. The van der Waals surface area contributed by atoms with Crippen molar-refractivity contribution >= 4 is 28.5 Å². The van der Waals surface area contributed by atoms with Crippen molar-refractivity contribution in [3.63, 3.8) is 0 Å². The summed E-state index contributed by atoms with van der Waals surface area (Å²) in [5.74, 6) is -0.414. The van der Waals surface area contributed by atoms with E-state index >= 15 is 0 Å². The van der Waals surface area contributed by atoms with Gasteiger partial charge in [-0.05, 0) is 57.0 Å². The predicted octanol–water partition coefficient (Wildman–Crippen LogP) is 4.65. The first-order chi connectivity index (χ1) is 17.0. The minimum absolute atomic E-state index is 0.188. The first-order valence-corrected chi connectivity index (χ1v) is 12.2. The molecule has 35 heavy (non-hydrogen) atoms. The first kappa shape index (κ1) is 22.8. The summed E-state index contributed by atoms with van der Waals surface area (Å²) in [5, 5.41) is 10.4. The van der Waals surface area contributed by atoms with E-state index in [2.05, 4.69) is 25.3 Å². The van der Waals surface area contributed by atoms with Gasteiger partial charge < -0.3 is 15.2 Å². The summed E-state index contributed by atoms with van der Waals surface area (Å²) in [5.41, 5.74) is 5.15. The molecule has 2 heterocycles. The van der Waals surface area contributed by atoms with Gasteiger partial charge in [0.15, 0.2) is 0 Å². The van der Waals surface area contributed by atoms with Gasteiger partial charge in [-0.3, -0.25) is 14.3 Å². The number of nitrogens with zero attached hydrogens (tertiary/aromatic N) is 4. The van der Waals surface area contributed by atoms with E-state index in [1.54, 1.807) is 18.2 Å². The van der Waals surface area contributed by atoms with Gasteiger partial charge in [0.1, 0.15) is 0 Å². The molecule has 4 aromatic rings. The van der Waals surface area contributed by atoms with Crippen LogP contribution >= 0.6 is 0 Å². The highest BCUT2D eigenvalue weighted by molar-refractivity contribution is 6.09. The second kappa shape index (κ2) is 9.74. The van der Waals surface area contributed by atoms with Gasteiger partial charge >= 0.3 is 0 Å². The summed E-state index contributed by atoms with van der Waals surface area (Å²) in [6.45, 7) is 4.99. The lowest BCUT2D eigenvalue weighted by molar-refractivity contribution is 0.0951. The largest absolute Gasteiger partial charge is 0.350 e. The zero-order chi connectivity index (χ0) is 24.4. The van der Waals surface area contributed by atoms with Gasteiger partial charge in [0.05, 0.1) is 35.2 Å². The Hall–Kier alpha value is -3.94. The Balaban J connectivity index is 1.43. The maximum atomic E-state index is 13.4. The van der Waals surface area contributed by atoms with E-state index in [0.717, 1.165) is 29.7 Å². The fourth-order valence-corrected chi connectivity index (χ4v) is 4.94. The molecular formula is C27H30N6O2. The standard InChI is InChI=1S/C27H30N6O2/c1-18-14-19(2)33(31-18)13-12-28-27(35)23-15-21(30-26(34)20-8-4-3-5-9-20)16-24-25(23)32(17-29-24)22-10-6-7-11-22/h3-5,8-9,14-17,22H,6-7,10-13H2,1-2H3,(H,28,35)(H,30,34). The number of hydrogen-bond donors (Lipinski definition) is 2. The smallest absolute Gasteiger partial charge is 0.255 e. The molecule has 0 atom stereocenters. The third-order valence-corrected chi connectivity index (χ3v) is 6.64. The van der Waals surface area contributed by atoms with Crippen LogP contribution in [0.5, 0.6) is 0 Å². The molecule has 2 aromatic carbocycles. The molecule has 8 heteroatoms. The molecule has 1 aliphatic rings. The molecule has 0 saturated heterocycles. The maximum Gasteiger partial charge on any atom is 0.255 e. The minimum Gasteiger partial charge on any atom is -0.350 e. The lowest BCUT2D eigenvalue weighted by Crippen LogP contribution is -2.28. The SMILES string of the molecule is Cc1cc(C)n(CCNC(=O)c2cc(NC(=O)c3ccccc3)cc3ncn(C4CCCC4)c23)n1. The number of benzene rings is 2. The summed E-state index contributed by atoms with van der Waals surface area (Å²) < 4.78 is 4.03. The van der Waals surface area contributed by atoms with Crippen molar-refractivity contribution in [2.75, 3.05) is 11.9 Å². The number of aromatic nitrogens is 4. The van der Waals surface area contributed by atoms with E-state index in [9.17, 15) is 9.59 Å². The van der Waals surface area contributed by atoms with Crippen molar-refractivity contribution in [1.82, 2.24) is 24.6 Å². The average Bonchev–Trinajstić information content (AvgIpc) is 3.59. The quantitative estimate of drug-likeness (QED) is 0.411. The van der Waals surface area contributed by atoms with Crippen molar-refractivity contribution in [3.05, 3.63) is 77.4 Å². The molecular weight excluding hydrogens is 440 g/mol. The van der Waals surface area contributed by atoms with Crippen LogP contribution < -0.4 is 10.6 Å². The van der Waals surface area contributed by atoms with E-state index in [1.165, 1.54) is 12.8 Å². The summed E-state index contributed by atoms with van der Waals surface area (Å²) in [6, 6.07) is 15.0. The molecule has 2 aromatic heterocycles. The molecule has 180 valence electrons. The van der Waals surface area contributed by atoms with Gasteiger partial charge in [-0.1, -0.05) is 31.0 Å². The highest BCUT2D eigenvalue weighted by Crippen LogP contribution is 2.34. The topological polar surface area (TPSA) is 93.8 Å². The lowest BCUT2D eigenvalue weighted by Gasteiger charge is -2.16. The van der Waals surface area contributed by atoms with E-state index < -0.39 is 0 Å². The summed E-state index contributed by atoms with van der Waals surface area (Å²) >= 11 is 0. The molecule has 0 bridgehead atoms. The van der Waals surface area contributed by atoms with Crippen molar-refractivity contribution in [2.45, 2.75) is 52.1 Å². The van der Waals surface area contributed by atoms with E-state index in [4.69, 9.17) is 0 Å². The second-order valence-electron chi connectivity index (χ2n) is 9.21. The average molecular weight is 471 g/mol. The Morgan fingerprint density at radius 1 is 1.03 bits per heavy atom. The van der Waals surface area contributed by atoms with E-state index in [1.807, 2.05) is 55.2 Å². The van der Waals surface area contributed by atoms with Gasteiger partial charge in [0, 0.05) is 29.5 Å². The Kier molecular flexibility index (Phi) is 6.35. The molecule has 8 nitrogen and oxygen atoms in total. The lowest BCUT2D eigenvalue weighted by atomic mass is 10.1. The van der Waals surface area contributed by atoms with Crippen LogP contribution in [0, 0.1) is 13.8 Å². The van der Waals surface area contributed by atoms with Crippen LogP contribution in [0.15, 0.2) is 54.9 Å². The number of rotatable bonds is 7. The fourth-order valence-electron chi connectivity index (χ4n) is 4.94. The highest BCUT2D eigenvalue weighted by Gasteiger charge is 2.23. The van der Waals surface area contributed by atoms with Gasteiger partial charge in [-0.25, -0.2) is 4.98 Å². The van der Waals surface area contributed by atoms with Crippen LogP contribution in [-0.2, 0) is 6.54 Å². The molecule has 0 unspecified atom stereocenters. The number of amides is 2. The van der Waals surface area contributed by atoms with Crippen molar-refractivity contribution in [3.8, 4) is 0 Å². The van der Waals surface area contributed by atoms with Crippen molar-refractivity contribution < 1.29 is 9.59 Å². The minimum atomic E-state index is -0.226. The number of imidazole rings is 1. The molecule has 0 spiro atoms. The number of hydrogen-bond acceptors (Lipinski definition) is 4. The van der Waals surface area contributed by atoms with Crippen LogP contribution in [0.2, 0.25) is 0 Å². The molecule has 1 aliphatic carbocycles. The molecule has 0 aliphatic heterocycles. The molecule has 2 amide bonds. The summed E-state index contributed by atoms with van der Waals surface area (Å²) in [4.78, 5) is 30.8. The van der Waals surface area contributed by atoms with Crippen molar-refractivity contribution in [1.29, 1.82) is 0 Å². The fraction of sp³-hybridized carbons (Fsp3) is 0.333. The van der Waals surface area contributed by atoms with Gasteiger partial charge in [0.25, 0.3) is 11.8 Å². The first-order valence-electron chi connectivity index (χ1n) is 12.2. The molecule has 1 fully saturated rings. The number of carbonyl (C=O) groups excluding carboxylic acids is 2. The number of fused-ring (bicyclic) bond motifs is 1. The zero-order valence-corrected chi connectivity index (χ0v) is 20.1. The number of nitrogens with one attached hydrogen (secondary N) is 2. The normalized spacial score (nSPS) is 13.9. The van der Waals surface area contributed by atoms with Gasteiger partial charge in [0.2, 0.25) is 0 Å². The third kappa shape index (κ3) is 4.82. The maximum absolute atomic E-state index is 13.4. The Labute approximate surface area is 204 Å². The highest BCUT2D eigenvalue weighted by atomic mass is 16.2. The Bertz CT molecular complexity index is 1370. The zero-order valence-electron chi connectivity index (χ0n) is 20.1. The second-order valence-corrected chi connectivity index (χ2v) is 9.21.